The van der Waals surface area contributed by atoms with Gasteiger partial charge in [-0.2, -0.15) is 0 Å². The van der Waals surface area contributed by atoms with Crippen LogP contribution >= 0.6 is 0 Å². The summed E-state index contributed by atoms with van der Waals surface area (Å²) >= 11 is 0. The topological polar surface area (TPSA) is 8.17 Å². The highest BCUT2D eigenvalue weighted by molar-refractivity contribution is 6.10. The van der Waals surface area contributed by atoms with Crippen LogP contribution in [0.5, 0.6) is 0 Å². The number of para-hydroxylation sites is 2. The minimum Gasteiger partial charge on any atom is -0.310 e. The largest absolute Gasteiger partial charge is 0.310 e. The zero-order valence-electron chi connectivity index (χ0n) is 32.1. The van der Waals surface area contributed by atoms with Crippen LogP contribution in [-0.4, -0.2) is 4.57 Å². The van der Waals surface area contributed by atoms with E-state index in [0.29, 0.717) is 0 Å². The second-order valence-electron chi connectivity index (χ2n) is 15.5. The third-order valence-corrected chi connectivity index (χ3v) is 12.0. The fourth-order valence-corrected chi connectivity index (χ4v) is 9.31. The third kappa shape index (κ3) is 5.48. The molecule has 9 aromatic carbocycles. The van der Waals surface area contributed by atoms with E-state index in [0.717, 1.165) is 12.1 Å². The molecule has 270 valence electrons. The normalized spacial score (nSPS) is 12.0. The molecule has 0 spiro atoms. The first-order valence-electron chi connectivity index (χ1n) is 19.9. The van der Waals surface area contributed by atoms with Crippen LogP contribution in [0.3, 0.4) is 0 Å². The molecule has 1 heterocycles. The van der Waals surface area contributed by atoms with Crippen molar-refractivity contribution in [2.75, 3.05) is 4.90 Å². The van der Waals surface area contributed by atoms with Crippen molar-refractivity contribution in [3.63, 3.8) is 0 Å². The van der Waals surface area contributed by atoms with Gasteiger partial charge in [0.2, 0.25) is 0 Å². The molecule has 1 aliphatic rings. The quantitative estimate of drug-likeness (QED) is 0.165. The molecular weight excluding hydrogens is 689 g/mol. The van der Waals surface area contributed by atoms with Crippen molar-refractivity contribution in [3.05, 3.63) is 216 Å². The number of aryl methyl sites for hydroxylation is 2. The fourth-order valence-electron chi connectivity index (χ4n) is 9.31. The standard InChI is InChI=1S/C55H40N2/c1-36-32-55(37(2)31-51(36)41-25-30-54-52(35-41)50-20-10-11-22-53(50)57(54)43-16-4-3-5-17-43)56(45-28-29-49-42(34-45)33-40-14-7-9-19-48(40)49)44-26-23-39(24-27-44)47-21-12-15-38-13-6-8-18-46(38)47/h3-32,34-35H,33H2,1-2H3. The zero-order chi connectivity index (χ0) is 38.0. The molecule has 1 aromatic heterocycles. The molecule has 2 nitrogen and oxygen atoms in total. The molecule has 0 radical (unpaired) electrons. The summed E-state index contributed by atoms with van der Waals surface area (Å²) in [5.74, 6) is 0. The minimum atomic E-state index is 0.952. The average molecular weight is 729 g/mol. The van der Waals surface area contributed by atoms with Crippen molar-refractivity contribution in [2.24, 2.45) is 0 Å². The number of anilines is 3. The van der Waals surface area contributed by atoms with E-state index in [2.05, 4.69) is 217 Å². The van der Waals surface area contributed by atoms with E-state index in [-0.39, 0.29) is 0 Å². The number of nitrogens with zero attached hydrogens (tertiary/aromatic N) is 2. The Morgan fingerprint density at radius 3 is 1.95 bits per heavy atom. The Kier molecular flexibility index (Phi) is 7.72. The second-order valence-corrected chi connectivity index (χ2v) is 15.5. The number of hydrogen-bond acceptors (Lipinski definition) is 1. The maximum absolute atomic E-state index is 2.46. The summed E-state index contributed by atoms with van der Waals surface area (Å²) in [7, 11) is 0. The van der Waals surface area contributed by atoms with Crippen molar-refractivity contribution in [1.82, 2.24) is 4.57 Å². The first-order valence-corrected chi connectivity index (χ1v) is 19.9. The van der Waals surface area contributed by atoms with E-state index in [1.807, 2.05) is 0 Å². The van der Waals surface area contributed by atoms with Crippen molar-refractivity contribution in [2.45, 2.75) is 20.3 Å². The summed E-state index contributed by atoms with van der Waals surface area (Å²) in [6, 6.07) is 71.5. The molecule has 0 fully saturated rings. The second kappa shape index (κ2) is 13.3. The summed E-state index contributed by atoms with van der Waals surface area (Å²) in [4.78, 5) is 2.46. The molecule has 0 saturated carbocycles. The SMILES string of the molecule is Cc1cc(N(c2ccc(-c3cccc4ccccc34)cc2)c2ccc3c(c2)Cc2ccccc2-3)c(C)cc1-c1ccc2c(c1)c1ccccc1n2-c1ccccc1. The van der Waals surface area contributed by atoms with E-state index in [9.17, 15) is 0 Å². The van der Waals surface area contributed by atoms with Crippen LogP contribution < -0.4 is 4.90 Å². The highest BCUT2D eigenvalue weighted by Crippen LogP contribution is 2.45. The van der Waals surface area contributed by atoms with Crippen LogP contribution in [0.25, 0.3) is 71.6 Å². The first kappa shape index (κ1) is 33.2. The van der Waals surface area contributed by atoms with Gasteiger partial charge in [-0.15, -0.1) is 0 Å². The van der Waals surface area contributed by atoms with Crippen LogP contribution in [-0.2, 0) is 6.42 Å². The smallest absolute Gasteiger partial charge is 0.0541 e. The Labute approximate surface area is 333 Å². The molecule has 0 atom stereocenters. The number of benzene rings is 9. The van der Waals surface area contributed by atoms with Gasteiger partial charge in [0.05, 0.1) is 11.0 Å². The lowest BCUT2D eigenvalue weighted by molar-refractivity contribution is 1.18. The monoisotopic (exact) mass is 728 g/mol. The van der Waals surface area contributed by atoms with Gasteiger partial charge in [0.15, 0.2) is 0 Å². The minimum absolute atomic E-state index is 0.952. The van der Waals surface area contributed by atoms with Gasteiger partial charge < -0.3 is 9.47 Å². The van der Waals surface area contributed by atoms with E-state index in [4.69, 9.17) is 0 Å². The molecule has 0 aliphatic heterocycles. The van der Waals surface area contributed by atoms with Gasteiger partial charge in [0.1, 0.15) is 0 Å². The molecule has 0 unspecified atom stereocenters. The molecule has 0 bridgehead atoms. The van der Waals surface area contributed by atoms with Crippen LogP contribution in [0.2, 0.25) is 0 Å². The Balaban J connectivity index is 1.04. The third-order valence-electron chi connectivity index (χ3n) is 12.0. The Hall–Kier alpha value is -7.16. The maximum Gasteiger partial charge on any atom is 0.0541 e. The molecule has 0 saturated heterocycles. The van der Waals surface area contributed by atoms with Gasteiger partial charge in [-0.25, -0.2) is 0 Å². The lowest BCUT2D eigenvalue weighted by atomic mass is 9.94. The van der Waals surface area contributed by atoms with Crippen LogP contribution in [0.15, 0.2) is 194 Å². The van der Waals surface area contributed by atoms with Crippen LogP contribution in [0, 0.1) is 13.8 Å². The summed E-state index contributed by atoms with van der Waals surface area (Å²) in [6.07, 6.45) is 0.952. The summed E-state index contributed by atoms with van der Waals surface area (Å²) in [5, 5.41) is 5.06. The highest BCUT2D eigenvalue weighted by Gasteiger charge is 2.23. The zero-order valence-corrected chi connectivity index (χ0v) is 32.1. The summed E-state index contributed by atoms with van der Waals surface area (Å²) in [5.41, 5.74) is 20.0. The van der Waals surface area contributed by atoms with Crippen LogP contribution in [0.1, 0.15) is 22.3 Å². The lowest BCUT2D eigenvalue weighted by Crippen LogP contribution is -2.12. The lowest BCUT2D eigenvalue weighted by Gasteiger charge is -2.29. The summed E-state index contributed by atoms with van der Waals surface area (Å²) < 4.78 is 2.38. The summed E-state index contributed by atoms with van der Waals surface area (Å²) in [6.45, 7) is 4.52. The number of fused-ring (bicyclic) bond motifs is 7. The van der Waals surface area contributed by atoms with Gasteiger partial charge >= 0.3 is 0 Å². The van der Waals surface area contributed by atoms with Crippen molar-refractivity contribution in [3.8, 4) is 39.1 Å². The van der Waals surface area contributed by atoms with Crippen molar-refractivity contribution < 1.29 is 0 Å². The molecule has 1 aliphatic carbocycles. The number of aromatic nitrogens is 1. The first-order chi connectivity index (χ1) is 28.1. The predicted octanol–water partition coefficient (Wildman–Crippen LogP) is 14.9. The van der Waals surface area contributed by atoms with E-state index in [1.54, 1.807) is 0 Å². The van der Waals surface area contributed by atoms with E-state index >= 15 is 0 Å². The molecular formula is C55H40N2. The van der Waals surface area contributed by atoms with Crippen molar-refractivity contribution in [1.29, 1.82) is 0 Å². The average Bonchev–Trinajstić information content (AvgIpc) is 3.80. The maximum atomic E-state index is 2.46. The van der Waals surface area contributed by atoms with E-state index in [1.165, 1.54) is 105 Å². The van der Waals surface area contributed by atoms with Gasteiger partial charge in [-0.1, -0.05) is 127 Å². The van der Waals surface area contributed by atoms with Crippen LogP contribution in [0.4, 0.5) is 17.1 Å². The molecule has 0 amide bonds. The number of rotatable bonds is 6. The van der Waals surface area contributed by atoms with Gasteiger partial charge in [-0.05, 0) is 153 Å². The predicted molar refractivity (Wildman–Crippen MR) is 242 cm³/mol. The van der Waals surface area contributed by atoms with Crippen molar-refractivity contribution >= 4 is 49.6 Å². The van der Waals surface area contributed by atoms with Gasteiger partial charge in [0.25, 0.3) is 0 Å². The Morgan fingerprint density at radius 2 is 1.07 bits per heavy atom. The fraction of sp³-hybridized carbons (Fsp3) is 0.0545. The number of hydrogen-bond donors (Lipinski definition) is 0. The molecule has 2 heteroatoms. The molecule has 11 rings (SSSR count). The highest BCUT2D eigenvalue weighted by atomic mass is 15.1. The van der Waals surface area contributed by atoms with E-state index < -0.39 is 0 Å². The Morgan fingerprint density at radius 1 is 0.404 bits per heavy atom. The van der Waals surface area contributed by atoms with Gasteiger partial charge in [0, 0.05) is 33.5 Å². The molecule has 57 heavy (non-hydrogen) atoms. The Bertz CT molecular complexity index is 3160. The molecule has 0 N–H and O–H groups in total. The van der Waals surface area contributed by atoms with Gasteiger partial charge in [-0.3, -0.25) is 0 Å². The molecule has 10 aromatic rings.